The molecular formula is C19H24N4O2S. The predicted octanol–water partition coefficient (Wildman–Crippen LogP) is 3.12. The van der Waals surface area contributed by atoms with Gasteiger partial charge in [0.2, 0.25) is 5.91 Å². The highest BCUT2D eigenvalue weighted by atomic mass is 32.1. The molecule has 4 heterocycles. The molecule has 0 radical (unpaired) electrons. The van der Waals surface area contributed by atoms with Crippen LogP contribution in [0.4, 0.5) is 0 Å². The van der Waals surface area contributed by atoms with Crippen molar-refractivity contribution in [1.82, 2.24) is 19.1 Å². The molecule has 1 aliphatic heterocycles. The third-order valence-electron chi connectivity index (χ3n) is 5.42. The summed E-state index contributed by atoms with van der Waals surface area (Å²) in [7, 11) is 0. The van der Waals surface area contributed by atoms with E-state index >= 15 is 0 Å². The molecule has 1 saturated heterocycles. The zero-order chi connectivity index (χ0) is 18.6. The fourth-order valence-electron chi connectivity index (χ4n) is 4.25. The van der Waals surface area contributed by atoms with Gasteiger partial charge < -0.3 is 4.90 Å². The number of piperidine rings is 1. The second kappa shape index (κ2) is 6.23. The van der Waals surface area contributed by atoms with E-state index in [1.165, 1.54) is 9.56 Å². The molecule has 1 amide bonds. The lowest BCUT2D eigenvalue weighted by molar-refractivity contribution is -0.138. The normalized spacial score (nSPS) is 21.0. The molecule has 2 unspecified atom stereocenters. The van der Waals surface area contributed by atoms with Gasteiger partial charge >= 0.3 is 0 Å². The van der Waals surface area contributed by atoms with Crippen molar-refractivity contribution in [3.8, 4) is 0 Å². The molecule has 0 N–H and O–H groups in total. The Bertz CT molecular complexity index is 1050. The van der Waals surface area contributed by atoms with Gasteiger partial charge in [-0.15, -0.1) is 11.3 Å². The van der Waals surface area contributed by atoms with Gasteiger partial charge in [0, 0.05) is 17.0 Å². The smallest absolute Gasteiger partial charge is 0.291 e. The number of hydrogen-bond donors (Lipinski definition) is 0. The Labute approximate surface area is 156 Å². The van der Waals surface area contributed by atoms with Crippen LogP contribution in [0, 0.1) is 13.8 Å². The van der Waals surface area contributed by atoms with Crippen molar-refractivity contribution in [2.75, 3.05) is 0 Å². The number of likely N-dealkylation sites (tertiary alicyclic amines) is 1. The zero-order valence-electron chi connectivity index (χ0n) is 15.7. The zero-order valence-corrected chi connectivity index (χ0v) is 16.5. The Balaban J connectivity index is 1.74. The van der Waals surface area contributed by atoms with Crippen LogP contribution in [0.5, 0.6) is 0 Å². The summed E-state index contributed by atoms with van der Waals surface area (Å²) < 4.78 is 4.30. The lowest BCUT2D eigenvalue weighted by Gasteiger charge is -2.39. The number of amides is 1. The standard InChI is InChI=1S/C19H24N4O2S/c1-11-6-5-7-12(2)22(11)18(24)10-21-19(25)16-9-17-15(8-13(3)26-17)23(16)14(4)20-21/h8-9,11-12H,5-7,10H2,1-4H3. The molecule has 2 atom stereocenters. The Morgan fingerprint density at radius 3 is 2.58 bits per heavy atom. The van der Waals surface area contributed by atoms with Gasteiger partial charge in [0.1, 0.15) is 17.9 Å². The average molecular weight is 372 g/mol. The highest BCUT2D eigenvalue weighted by molar-refractivity contribution is 7.19. The van der Waals surface area contributed by atoms with E-state index < -0.39 is 0 Å². The summed E-state index contributed by atoms with van der Waals surface area (Å²) in [4.78, 5) is 28.9. The molecular weight excluding hydrogens is 348 g/mol. The van der Waals surface area contributed by atoms with Crippen molar-refractivity contribution in [3.63, 3.8) is 0 Å². The Morgan fingerprint density at radius 1 is 1.19 bits per heavy atom. The highest BCUT2D eigenvalue weighted by Gasteiger charge is 2.29. The number of aromatic nitrogens is 3. The summed E-state index contributed by atoms with van der Waals surface area (Å²) in [6.07, 6.45) is 3.19. The summed E-state index contributed by atoms with van der Waals surface area (Å²) in [6, 6.07) is 4.42. The maximum atomic E-state index is 12.9. The summed E-state index contributed by atoms with van der Waals surface area (Å²) in [5, 5.41) is 4.44. The maximum Gasteiger partial charge on any atom is 0.291 e. The van der Waals surface area contributed by atoms with Gasteiger partial charge in [-0.1, -0.05) is 0 Å². The quantitative estimate of drug-likeness (QED) is 0.694. The molecule has 0 bridgehead atoms. The van der Waals surface area contributed by atoms with Crippen LogP contribution in [-0.4, -0.2) is 37.1 Å². The molecule has 3 aromatic heterocycles. The number of nitrogens with zero attached hydrogens (tertiary/aromatic N) is 4. The Kier molecular flexibility index (Phi) is 4.14. The van der Waals surface area contributed by atoms with Crippen molar-refractivity contribution < 1.29 is 4.79 Å². The van der Waals surface area contributed by atoms with E-state index in [9.17, 15) is 9.59 Å². The first-order chi connectivity index (χ1) is 12.4. The van der Waals surface area contributed by atoms with Crippen LogP contribution >= 0.6 is 11.3 Å². The molecule has 3 aromatic rings. The van der Waals surface area contributed by atoms with Crippen molar-refractivity contribution >= 4 is 33.0 Å². The SMILES string of the molecule is Cc1cc2c(cc3c(=O)n(CC(=O)N4C(C)CCCC4C)nc(C)n32)s1. The lowest BCUT2D eigenvalue weighted by Crippen LogP contribution is -2.49. The minimum absolute atomic E-state index is 0.00269. The third-order valence-corrected chi connectivity index (χ3v) is 6.41. The number of carbonyl (C=O) groups is 1. The van der Waals surface area contributed by atoms with Crippen LogP contribution < -0.4 is 5.56 Å². The fraction of sp³-hybridized carbons (Fsp3) is 0.526. The summed E-state index contributed by atoms with van der Waals surface area (Å²) in [5.74, 6) is 0.701. The van der Waals surface area contributed by atoms with E-state index in [-0.39, 0.29) is 30.1 Å². The first kappa shape index (κ1) is 17.3. The number of hydrogen-bond acceptors (Lipinski definition) is 4. The number of carbonyl (C=O) groups excluding carboxylic acids is 1. The van der Waals surface area contributed by atoms with Gasteiger partial charge in [0.15, 0.2) is 0 Å². The van der Waals surface area contributed by atoms with Gasteiger partial charge in [-0.25, -0.2) is 4.68 Å². The van der Waals surface area contributed by atoms with Gasteiger partial charge in [0.05, 0.1) is 10.2 Å². The molecule has 0 saturated carbocycles. The van der Waals surface area contributed by atoms with Crippen molar-refractivity contribution in [1.29, 1.82) is 0 Å². The molecule has 6 nitrogen and oxygen atoms in total. The van der Waals surface area contributed by atoms with Crippen LogP contribution in [0.3, 0.4) is 0 Å². The van der Waals surface area contributed by atoms with E-state index in [0.717, 1.165) is 35.3 Å². The van der Waals surface area contributed by atoms with Gasteiger partial charge in [-0.2, -0.15) is 5.10 Å². The summed E-state index contributed by atoms with van der Waals surface area (Å²) in [6.45, 7) is 8.11. The number of thiophene rings is 1. The predicted molar refractivity (Wildman–Crippen MR) is 104 cm³/mol. The van der Waals surface area contributed by atoms with Gasteiger partial charge in [-0.05, 0) is 59.1 Å². The topological polar surface area (TPSA) is 59.6 Å². The monoisotopic (exact) mass is 372 g/mol. The number of rotatable bonds is 2. The molecule has 1 aliphatic rings. The molecule has 7 heteroatoms. The first-order valence-electron chi connectivity index (χ1n) is 9.17. The second-order valence-corrected chi connectivity index (χ2v) is 8.70. The van der Waals surface area contributed by atoms with Crippen LogP contribution in [-0.2, 0) is 11.3 Å². The molecule has 0 aromatic carbocycles. The molecule has 1 fully saturated rings. The highest BCUT2D eigenvalue weighted by Crippen LogP contribution is 2.28. The molecule has 138 valence electrons. The van der Waals surface area contributed by atoms with Crippen LogP contribution in [0.15, 0.2) is 16.9 Å². The molecule has 26 heavy (non-hydrogen) atoms. The van der Waals surface area contributed by atoms with Crippen LogP contribution in [0.2, 0.25) is 0 Å². The largest absolute Gasteiger partial charge is 0.336 e. The lowest BCUT2D eigenvalue weighted by atomic mass is 9.97. The van der Waals surface area contributed by atoms with Crippen molar-refractivity contribution in [2.45, 2.75) is 65.6 Å². The number of fused-ring (bicyclic) bond motifs is 3. The molecule has 0 spiro atoms. The van der Waals surface area contributed by atoms with Crippen LogP contribution in [0.25, 0.3) is 15.7 Å². The second-order valence-electron chi connectivity index (χ2n) is 7.41. The molecule has 4 rings (SSSR count). The maximum absolute atomic E-state index is 12.9. The minimum atomic E-state index is -0.206. The minimum Gasteiger partial charge on any atom is -0.336 e. The van der Waals surface area contributed by atoms with E-state index in [0.29, 0.717) is 5.52 Å². The average Bonchev–Trinajstić information content (AvgIpc) is 3.08. The summed E-state index contributed by atoms with van der Waals surface area (Å²) >= 11 is 1.67. The van der Waals surface area contributed by atoms with Crippen molar-refractivity contribution in [2.24, 2.45) is 0 Å². The summed E-state index contributed by atoms with van der Waals surface area (Å²) in [5.41, 5.74) is 1.40. The van der Waals surface area contributed by atoms with Crippen molar-refractivity contribution in [3.05, 3.63) is 33.2 Å². The fourth-order valence-corrected chi connectivity index (χ4v) is 5.19. The Hall–Kier alpha value is -2.15. The van der Waals surface area contributed by atoms with Gasteiger partial charge in [-0.3, -0.25) is 14.0 Å². The van der Waals surface area contributed by atoms with Gasteiger partial charge in [0.25, 0.3) is 5.56 Å². The van der Waals surface area contributed by atoms with E-state index in [1.807, 2.05) is 22.3 Å². The van der Waals surface area contributed by atoms with E-state index in [2.05, 4.69) is 31.9 Å². The van der Waals surface area contributed by atoms with Crippen LogP contribution in [0.1, 0.15) is 43.8 Å². The van der Waals surface area contributed by atoms with E-state index in [4.69, 9.17) is 0 Å². The molecule has 0 aliphatic carbocycles. The Morgan fingerprint density at radius 2 is 1.88 bits per heavy atom. The third kappa shape index (κ3) is 2.65. The van der Waals surface area contributed by atoms with E-state index in [1.54, 1.807) is 11.3 Å². The number of aryl methyl sites for hydroxylation is 2. The first-order valence-corrected chi connectivity index (χ1v) is 9.99.